The average Bonchev–Trinajstić information content (AvgIpc) is 3.25. The molecule has 2 aliphatic rings. The van der Waals surface area contributed by atoms with Gasteiger partial charge in [0.1, 0.15) is 17.2 Å². The molecular weight excluding hydrogens is 320 g/mol. The molecule has 1 amide bonds. The van der Waals surface area contributed by atoms with E-state index in [4.69, 9.17) is 10.5 Å². The molecule has 1 aromatic heterocycles. The summed E-state index contributed by atoms with van der Waals surface area (Å²) in [4.78, 5) is 24.4. The molecule has 8 heteroatoms. The number of likely N-dealkylation sites (N-methyl/N-ethyl adjacent to an activating group) is 1. The van der Waals surface area contributed by atoms with Crippen LogP contribution in [0.2, 0.25) is 0 Å². The maximum atomic E-state index is 12.1. The molecular formula is C17H28N6O2. The standard InChI is InChI=1S/C17H28N6O2/c1-17(2,3)25-16(24)22(4)12-9-23(10-12)14-7-13(20-15(18)21-14)19-8-11-5-6-11/h7,11-12H,5-6,8-10H2,1-4H3,(H3,18,19,20,21). The minimum absolute atomic E-state index is 0.105. The topological polar surface area (TPSA) is 96.6 Å². The van der Waals surface area contributed by atoms with Crippen LogP contribution in [0.25, 0.3) is 0 Å². The minimum Gasteiger partial charge on any atom is -0.444 e. The Kier molecular flexibility index (Phi) is 4.62. The second-order valence-corrected chi connectivity index (χ2v) is 7.94. The van der Waals surface area contributed by atoms with Crippen molar-refractivity contribution in [2.75, 3.05) is 42.6 Å². The van der Waals surface area contributed by atoms with Gasteiger partial charge in [-0.05, 0) is 39.5 Å². The zero-order valence-corrected chi connectivity index (χ0v) is 15.5. The SMILES string of the molecule is CN(C(=O)OC(C)(C)C)C1CN(c2cc(NCC3CC3)nc(N)n2)C1. The number of nitrogens with one attached hydrogen (secondary N) is 1. The van der Waals surface area contributed by atoms with Gasteiger partial charge in [0.05, 0.1) is 6.04 Å². The largest absolute Gasteiger partial charge is 0.444 e. The Hall–Kier alpha value is -2.25. The monoisotopic (exact) mass is 348 g/mol. The summed E-state index contributed by atoms with van der Waals surface area (Å²) in [5.41, 5.74) is 5.35. The van der Waals surface area contributed by atoms with Crippen LogP contribution in [0.5, 0.6) is 0 Å². The first-order valence-electron chi connectivity index (χ1n) is 8.80. The van der Waals surface area contributed by atoms with Crippen molar-refractivity contribution in [3.8, 4) is 0 Å². The summed E-state index contributed by atoms with van der Waals surface area (Å²) in [7, 11) is 1.77. The summed E-state index contributed by atoms with van der Waals surface area (Å²) in [6.45, 7) is 7.94. The van der Waals surface area contributed by atoms with Gasteiger partial charge in [0, 0.05) is 32.7 Å². The number of hydrogen-bond donors (Lipinski definition) is 2. The van der Waals surface area contributed by atoms with E-state index in [0.29, 0.717) is 13.1 Å². The molecule has 0 unspecified atom stereocenters. The third-order valence-electron chi connectivity index (χ3n) is 4.41. The van der Waals surface area contributed by atoms with Gasteiger partial charge in [-0.2, -0.15) is 9.97 Å². The highest BCUT2D eigenvalue weighted by Crippen LogP contribution is 2.30. The van der Waals surface area contributed by atoms with Crippen LogP contribution in [0, 0.1) is 5.92 Å². The maximum absolute atomic E-state index is 12.1. The van der Waals surface area contributed by atoms with Crippen LogP contribution in [-0.2, 0) is 4.74 Å². The Morgan fingerprint density at radius 3 is 2.68 bits per heavy atom. The van der Waals surface area contributed by atoms with E-state index in [-0.39, 0.29) is 18.1 Å². The van der Waals surface area contributed by atoms with Crippen molar-refractivity contribution in [2.24, 2.45) is 5.92 Å². The van der Waals surface area contributed by atoms with E-state index in [1.54, 1.807) is 11.9 Å². The number of nitrogen functional groups attached to an aromatic ring is 1. The number of carbonyl (C=O) groups excluding carboxylic acids is 1. The summed E-state index contributed by atoms with van der Waals surface area (Å²) in [6.07, 6.45) is 2.27. The van der Waals surface area contributed by atoms with Crippen LogP contribution in [-0.4, -0.2) is 59.3 Å². The Morgan fingerprint density at radius 2 is 2.08 bits per heavy atom. The number of anilines is 3. The lowest BCUT2D eigenvalue weighted by Gasteiger charge is -2.44. The van der Waals surface area contributed by atoms with Crippen molar-refractivity contribution in [3.05, 3.63) is 6.07 Å². The molecule has 0 spiro atoms. The van der Waals surface area contributed by atoms with Gasteiger partial charge in [0.2, 0.25) is 5.95 Å². The highest BCUT2D eigenvalue weighted by atomic mass is 16.6. The maximum Gasteiger partial charge on any atom is 0.410 e. The number of nitrogens with zero attached hydrogens (tertiary/aromatic N) is 4. The van der Waals surface area contributed by atoms with Crippen LogP contribution in [0.15, 0.2) is 6.07 Å². The Bertz CT molecular complexity index is 635. The molecule has 1 aromatic rings. The third-order valence-corrected chi connectivity index (χ3v) is 4.41. The van der Waals surface area contributed by atoms with Gasteiger partial charge in [-0.1, -0.05) is 0 Å². The molecule has 1 aliphatic carbocycles. The Morgan fingerprint density at radius 1 is 1.40 bits per heavy atom. The second kappa shape index (κ2) is 6.57. The molecule has 1 saturated heterocycles. The smallest absolute Gasteiger partial charge is 0.410 e. The quantitative estimate of drug-likeness (QED) is 0.839. The zero-order valence-electron chi connectivity index (χ0n) is 15.5. The predicted octanol–water partition coefficient (Wildman–Crippen LogP) is 1.94. The van der Waals surface area contributed by atoms with Crippen LogP contribution < -0.4 is 16.0 Å². The highest BCUT2D eigenvalue weighted by Gasteiger charge is 2.35. The van der Waals surface area contributed by atoms with Gasteiger partial charge in [0.15, 0.2) is 0 Å². The molecule has 8 nitrogen and oxygen atoms in total. The van der Waals surface area contributed by atoms with Crippen molar-refractivity contribution in [1.29, 1.82) is 0 Å². The molecule has 0 atom stereocenters. The lowest BCUT2D eigenvalue weighted by molar-refractivity contribution is 0.0196. The summed E-state index contributed by atoms with van der Waals surface area (Å²) >= 11 is 0. The molecule has 3 N–H and O–H groups in total. The number of ether oxygens (including phenoxy) is 1. The zero-order chi connectivity index (χ0) is 18.2. The van der Waals surface area contributed by atoms with Crippen molar-refractivity contribution < 1.29 is 9.53 Å². The van der Waals surface area contributed by atoms with Crippen LogP contribution >= 0.6 is 0 Å². The number of rotatable bonds is 5. The molecule has 138 valence electrons. The van der Waals surface area contributed by atoms with Gasteiger partial charge in [-0.15, -0.1) is 0 Å². The van der Waals surface area contributed by atoms with E-state index < -0.39 is 5.60 Å². The first-order valence-corrected chi connectivity index (χ1v) is 8.80. The van der Waals surface area contributed by atoms with E-state index in [2.05, 4.69) is 20.2 Å². The van der Waals surface area contributed by atoms with Gasteiger partial charge in [-0.3, -0.25) is 0 Å². The second-order valence-electron chi connectivity index (χ2n) is 7.94. The number of aromatic nitrogens is 2. The summed E-state index contributed by atoms with van der Waals surface area (Å²) < 4.78 is 5.41. The molecule has 0 radical (unpaired) electrons. The molecule has 2 fully saturated rings. The molecule has 2 heterocycles. The summed E-state index contributed by atoms with van der Waals surface area (Å²) in [6, 6.07) is 2.02. The lowest BCUT2D eigenvalue weighted by atomic mass is 10.1. The van der Waals surface area contributed by atoms with Crippen molar-refractivity contribution in [1.82, 2.24) is 14.9 Å². The van der Waals surface area contributed by atoms with Gasteiger partial charge < -0.3 is 25.6 Å². The minimum atomic E-state index is -0.488. The van der Waals surface area contributed by atoms with E-state index in [1.807, 2.05) is 26.8 Å². The molecule has 1 saturated carbocycles. The first-order chi connectivity index (χ1) is 11.7. The van der Waals surface area contributed by atoms with Crippen molar-refractivity contribution in [3.63, 3.8) is 0 Å². The molecule has 0 bridgehead atoms. The molecule has 1 aliphatic heterocycles. The lowest BCUT2D eigenvalue weighted by Crippen LogP contribution is -2.60. The van der Waals surface area contributed by atoms with Crippen molar-refractivity contribution in [2.45, 2.75) is 45.3 Å². The fourth-order valence-corrected chi connectivity index (χ4v) is 2.65. The highest BCUT2D eigenvalue weighted by molar-refractivity contribution is 5.69. The van der Waals surface area contributed by atoms with Gasteiger partial charge >= 0.3 is 6.09 Å². The van der Waals surface area contributed by atoms with E-state index in [1.165, 1.54) is 12.8 Å². The Balaban J connectivity index is 1.55. The normalized spacial score (nSPS) is 17.8. The van der Waals surface area contributed by atoms with Crippen LogP contribution in [0.4, 0.5) is 22.4 Å². The van der Waals surface area contributed by atoms with E-state index in [0.717, 1.165) is 24.1 Å². The van der Waals surface area contributed by atoms with Crippen LogP contribution in [0.1, 0.15) is 33.6 Å². The summed E-state index contributed by atoms with van der Waals surface area (Å²) in [5.74, 6) is 2.58. The molecule has 3 rings (SSSR count). The summed E-state index contributed by atoms with van der Waals surface area (Å²) in [5, 5.41) is 3.33. The van der Waals surface area contributed by atoms with Gasteiger partial charge in [0.25, 0.3) is 0 Å². The van der Waals surface area contributed by atoms with Gasteiger partial charge in [-0.25, -0.2) is 4.79 Å². The fourth-order valence-electron chi connectivity index (χ4n) is 2.65. The van der Waals surface area contributed by atoms with E-state index in [9.17, 15) is 4.79 Å². The number of carbonyl (C=O) groups is 1. The molecule has 0 aromatic carbocycles. The Labute approximate surface area is 148 Å². The number of hydrogen-bond acceptors (Lipinski definition) is 7. The third kappa shape index (κ3) is 4.64. The number of amides is 1. The van der Waals surface area contributed by atoms with E-state index >= 15 is 0 Å². The number of nitrogens with two attached hydrogens (primary N) is 1. The molecule has 25 heavy (non-hydrogen) atoms. The first kappa shape index (κ1) is 17.6. The average molecular weight is 348 g/mol. The van der Waals surface area contributed by atoms with Crippen LogP contribution in [0.3, 0.4) is 0 Å². The van der Waals surface area contributed by atoms with Crippen molar-refractivity contribution >= 4 is 23.7 Å². The predicted molar refractivity (Wildman–Crippen MR) is 97.7 cm³/mol. The fraction of sp³-hybridized carbons (Fsp3) is 0.706.